The van der Waals surface area contributed by atoms with E-state index in [2.05, 4.69) is 15.2 Å². The number of carbonyl (C=O) groups excluding carboxylic acids is 2. The molecule has 0 unspecified atom stereocenters. The van der Waals surface area contributed by atoms with Gasteiger partial charge in [-0.05, 0) is 61.8 Å². The molecule has 1 aromatic heterocycles. The second-order valence-corrected chi connectivity index (χ2v) is 9.23. The van der Waals surface area contributed by atoms with Gasteiger partial charge in [0.2, 0.25) is 5.91 Å². The topological polar surface area (TPSA) is 87.3 Å². The number of amides is 2. The molecule has 2 amide bonds. The number of hydrogen-bond acceptors (Lipinski definition) is 4. The first kappa shape index (κ1) is 20.1. The fourth-order valence-electron chi connectivity index (χ4n) is 5.31. The summed E-state index contributed by atoms with van der Waals surface area (Å²) in [5, 5.41) is 2.70. The highest BCUT2D eigenvalue weighted by molar-refractivity contribution is 5.98. The van der Waals surface area contributed by atoms with Crippen molar-refractivity contribution < 1.29 is 14.3 Å². The maximum Gasteiger partial charge on any atom is 0.269 e. The predicted molar refractivity (Wildman–Crippen MR) is 117 cm³/mol. The molecule has 0 radical (unpaired) electrons. The van der Waals surface area contributed by atoms with Crippen molar-refractivity contribution in [3.63, 3.8) is 0 Å². The summed E-state index contributed by atoms with van der Waals surface area (Å²) in [5.41, 5.74) is 2.38. The average molecular weight is 423 g/mol. The average Bonchev–Trinajstić information content (AvgIpc) is 3.43. The van der Waals surface area contributed by atoms with Gasteiger partial charge in [-0.15, -0.1) is 0 Å². The van der Waals surface area contributed by atoms with Crippen molar-refractivity contribution in [2.75, 3.05) is 27.2 Å². The van der Waals surface area contributed by atoms with Crippen LogP contribution in [0.5, 0.6) is 5.75 Å². The zero-order valence-corrected chi connectivity index (χ0v) is 18.2. The molecule has 1 atom stereocenters. The highest BCUT2D eigenvalue weighted by Crippen LogP contribution is 2.66. The van der Waals surface area contributed by atoms with E-state index in [0.717, 1.165) is 49.5 Å². The van der Waals surface area contributed by atoms with Crippen molar-refractivity contribution in [2.24, 2.45) is 11.3 Å². The van der Waals surface area contributed by atoms with Gasteiger partial charge in [0.05, 0.1) is 7.11 Å². The van der Waals surface area contributed by atoms with Gasteiger partial charge in [0.15, 0.2) is 0 Å². The molecular formula is C24H30N4O3. The Kier molecular flexibility index (Phi) is 4.99. The number of imidazole rings is 1. The van der Waals surface area contributed by atoms with Crippen molar-refractivity contribution in [3.8, 4) is 17.0 Å². The van der Waals surface area contributed by atoms with E-state index in [-0.39, 0.29) is 17.7 Å². The number of likely N-dealkylation sites (tertiary alicyclic amines) is 1. The second-order valence-electron chi connectivity index (χ2n) is 9.23. The van der Waals surface area contributed by atoms with Gasteiger partial charge < -0.3 is 19.9 Å². The molecule has 3 fully saturated rings. The number of aromatic nitrogens is 2. The Morgan fingerprint density at radius 3 is 2.45 bits per heavy atom. The summed E-state index contributed by atoms with van der Waals surface area (Å²) < 4.78 is 5.24. The minimum absolute atomic E-state index is 0.184. The minimum atomic E-state index is -0.184. The Morgan fingerprint density at radius 1 is 1.19 bits per heavy atom. The van der Waals surface area contributed by atoms with Gasteiger partial charge in [-0.3, -0.25) is 9.59 Å². The van der Waals surface area contributed by atoms with Crippen LogP contribution in [0.3, 0.4) is 0 Å². The third-order valence-electron chi connectivity index (χ3n) is 7.57. The molecule has 1 aliphatic heterocycles. The molecule has 2 N–H and O–H groups in total. The normalized spacial score (nSPS) is 22.1. The summed E-state index contributed by atoms with van der Waals surface area (Å²) >= 11 is 0. The maximum atomic E-state index is 12.9. The van der Waals surface area contributed by atoms with Gasteiger partial charge in [-0.1, -0.05) is 6.42 Å². The van der Waals surface area contributed by atoms with Gasteiger partial charge in [-0.25, -0.2) is 4.98 Å². The van der Waals surface area contributed by atoms with Gasteiger partial charge in [0.25, 0.3) is 5.91 Å². The Hall–Kier alpha value is -2.83. The number of hydrogen-bond donors (Lipinski definition) is 2. The number of rotatable bonds is 5. The molecule has 31 heavy (non-hydrogen) atoms. The van der Waals surface area contributed by atoms with Crippen LogP contribution in [0.2, 0.25) is 0 Å². The van der Waals surface area contributed by atoms with Gasteiger partial charge >= 0.3 is 0 Å². The summed E-state index contributed by atoms with van der Waals surface area (Å²) in [6.45, 7) is 1.54. The molecule has 1 spiro atoms. The highest BCUT2D eigenvalue weighted by atomic mass is 16.5. The molecule has 164 valence electrons. The molecule has 1 aromatic carbocycles. The summed E-state index contributed by atoms with van der Waals surface area (Å²) in [5.74, 6) is 2.27. The smallest absolute Gasteiger partial charge is 0.269 e. The molecular weight excluding hydrogens is 392 g/mol. The molecule has 3 aliphatic rings. The van der Waals surface area contributed by atoms with Crippen LogP contribution in [0, 0.1) is 11.3 Å². The van der Waals surface area contributed by atoms with Crippen molar-refractivity contribution in [2.45, 2.75) is 44.4 Å². The largest absolute Gasteiger partial charge is 0.497 e. The van der Waals surface area contributed by atoms with E-state index in [1.165, 1.54) is 19.3 Å². The number of benzene rings is 1. The van der Waals surface area contributed by atoms with Gasteiger partial charge in [0, 0.05) is 37.5 Å². The summed E-state index contributed by atoms with van der Waals surface area (Å²) in [4.78, 5) is 35.5. The van der Waals surface area contributed by atoms with Crippen LogP contribution in [0.1, 0.15) is 60.8 Å². The lowest BCUT2D eigenvalue weighted by atomic mass is 9.79. The lowest BCUT2D eigenvalue weighted by Gasteiger charge is -2.33. The van der Waals surface area contributed by atoms with Crippen LogP contribution in [0.25, 0.3) is 11.3 Å². The van der Waals surface area contributed by atoms with Crippen molar-refractivity contribution in [1.29, 1.82) is 0 Å². The monoisotopic (exact) mass is 422 g/mol. The van der Waals surface area contributed by atoms with E-state index in [4.69, 9.17) is 9.72 Å². The summed E-state index contributed by atoms with van der Waals surface area (Å²) in [7, 11) is 3.25. The van der Waals surface area contributed by atoms with E-state index in [9.17, 15) is 9.59 Å². The molecule has 7 nitrogen and oxygen atoms in total. The third-order valence-corrected chi connectivity index (χ3v) is 7.57. The lowest BCUT2D eigenvalue weighted by molar-refractivity contribution is -0.135. The van der Waals surface area contributed by atoms with Crippen LogP contribution >= 0.6 is 0 Å². The van der Waals surface area contributed by atoms with E-state index < -0.39 is 0 Å². The predicted octanol–water partition coefficient (Wildman–Crippen LogP) is 3.34. The summed E-state index contributed by atoms with van der Waals surface area (Å²) in [6.07, 6.45) is 6.60. The van der Waals surface area contributed by atoms with Gasteiger partial charge in [-0.2, -0.15) is 0 Å². The third kappa shape index (κ3) is 3.50. The molecule has 2 aromatic rings. The first-order valence-electron chi connectivity index (χ1n) is 11.3. The number of nitrogens with one attached hydrogen (secondary N) is 2. The zero-order valence-electron chi connectivity index (χ0n) is 18.2. The number of H-pyrrole nitrogens is 1. The van der Waals surface area contributed by atoms with Crippen LogP contribution in [-0.2, 0) is 4.79 Å². The lowest BCUT2D eigenvalue weighted by Crippen LogP contribution is -2.40. The second kappa shape index (κ2) is 7.70. The zero-order chi connectivity index (χ0) is 21.6. The van der Waals surface area contributed by atoms with E-state index in [1.807, 2.05) is 24.3 Å². The fourth-order valence-corrected chi connectivity index (χ4v) is 5.31. The van der Waals surface area contributed by atoms with Crippen LogP contribution < -0.4 is 10.1 Å². The van der Waals surface area contributed by atoms with E-state index >= 15 is 0 Å². The Morgan fingerprint density at radius 2 is 1.90 bits per heavy atom. The number of ether oxygens (including phenoxy) is 1. The van der Waals surface area contributed by atoms with E-state index in [1.54, 1.807) is 14.2 Å². The number of nitrogens with zero attached hydrogens (tertiary/aromatic N) is 2. The Balaban J connectivity index is 1.30. The first-order chi connectivity index (χ1) is 15.0. The Labute approximate surface area is 182 Å². The first-order valence-corrected chi connectivity index (χ1v) is 11.3. The van der Waals surface area contributed by atoms with Crippen LogP contribution in [0.4, 0.5) is 0 Å². The highest BCUT2D eigenvalue weighted by Gasteiger charge is 2.61. The molecule has 5 rings (SSSR count). The van der Waals surface area contributed by atoms with Crippen molar-refractivity contribution in [1.82, 2.24) is 20.2 Å². The molecule has 1 saturated heterocycles. The summed E-state index contributed by atoms with van der Waals surface area (Å²) in [6, 6.07) is 7.57. The molecule has 2 heterocycles. The molecule has 0 bridgehead atoms. The maximum absolute atomic E-state index is 12.9. The number of methoxy groups -OCH3 is 1. The number of piperidine rings is 1. The Bertz CT molecular complexity index is 985. The number of carbonyl (C=O) groups is 2. The molecule has 2 saturated carbocycles. The molecule has 2 aliphatic carbocycles. The van der Waals surface area contributed by atoms with Crippen LogP contribution in [0.15, 0.2) is 24.3 Å². The quantitative estimate of drug-likeness (QED) is 0.774. The SMILES string of the molecule is CNC(=O)c1[nH]c(C2CCN(C(=O)[C@H]3CC34CCC4)CC2)nc1-c1ccc(OC)cc1. The van der Waals surface area contributed by atoms with Crippen molar-refractivity contribution in [3.05, 3.63) is 35.8 Å². The standard InChI is InChI=1S/C24H30N4O3/c1-25-22(29)20-19(15-4-6-17(31-2)7-5-15)26-21(27-20)16-8-12-28(13-9-16)23(30)18-14-24(18)10-3-11-24/h4-7,16,18H,3,8-14H2,1-2H3,(H,25,29)(H,26,27)/t18-/m1/s1. The van der Waals surface area contributed by atoms with Crippen molar-refractivity contribution >= 4 is 11.8 Å². The minimum Gasteiger partial charge on any atom is -0.497 e. The van der Waals surface area contributed by atoms with E-state index in [0.29, 0.717) is 22.7 Å². The molecule has 7 heteroatoms. The van der Waals surface area contributed by atoms with Gasteiger partial charge in [0.1, 0.15) is 23.0 Å². The van der Waals surface area contributed by atoms with Crippen LogP contribution in [-0.4, -0.2) is 53.9 Å². The number of aromatic amines is 1. The fraction of sp³-hybridized carbons (Fsp3) is 0.542.